The van der Waals surface area contributed by atoms with Gasteiger partial charge in [0, 0.05) is 11.5 Å². The summed E-state index contributed by atoms with van der Waals surface area (Å²) in [4.78, 5) is 13.5. The number of halogens is 3. The van der Waals surface area contributed by atoms with Crippen LogP contribution in [0.3, 0.4) is 0 Å². The third kappa shape index (κ3) is 3.88. The molecule has 1 aromatic carbocycles. The Morgan fingerprint density at radius 1 is 0.938 bits per heavy atom. The van der Waals surface area contributed by atoms with E-state index in [1.807, 2.05) is 0 Å². The van der Waals surface area contributed by atoms with Crippen LogP contribution in [0, 0.1) is 46.8 Å². The van der Waals surface area contributed by atoms with Crippen LogP contribution in [0.25, 0.3) is 0 Å². The molecule has 0 amide bonds. The third-order valence-corrected chi connectivity index (χ3v) is 9.91. The normalized spacial score (nSPS) is 41.3. The Hall–Kier alpha value is -1.52. The average molecular weight is 449 g/mol. The lowest BCUT2D eigenvalue weighted by Crippen LogP contribution is -2.49. The first-order valence-electron chi connectivity index (χ1n) is 12.6. The van der Waals surface area contributed by atoms with Gasteiger partial charge in [0.25, 0.3) is 0 Å². The number of alkyl halides is 3. The summed E-state index contributed by atoms with van der Waals surface area (Å²) in [7, 11) is 0. The first kappa shape index (κ1) is 22.3. The van der Waals surface area contributed by atoms with Gasteiger partial charge in [-0.3, -0.25) is 4.79 Å². The fourth-order valence-electron chi connectivity index (χ4n) is 8.54. The van der Waals surface area contributed by atoms with Crippen molar-refractivity contribution in [1.29, 1.82) is 0 Å². The van der Waals surface area contributed by atoms with Crippen LogP contribution in [-0.4, -0.2) is 12.1 Å². The van der Waals surface area contributed by atoms with Crippen molar-refractivity contribution in [3.63, 3.8) is 0 Å². The molecular formula is C27H35F3O2. The van der Waals surface area contributed by atoms with Gasteiger partial charge >= 0.3 is 6.36 Å². The summed E-state index contributed by atoms with van der Waals surface area (Å²) >= 11 is 0. The Kier molecular flexibility index (Phi) is 5.61. The molecule has 0 spiro atoms. The van der Waals surface area contributed by atoms with Gasteiger partial charge in [-0.2, -0.15) is 0 Å². The summed E-state index contributed by atoms with van der Waals surface area (Å²) in [5.74, 6) is 4.70. The molecule has 0 saturated heterocycles. The SMILES string of the molecule is CC1CCC2C(CCC3C2CCC2(C)C(C(=O)c4ccc(OC(F)(F)F)cc4)CCC32)C1. The van der Waals surface area contributed by atoms with Crippen molar-refractivity contribution in [3.05, 3.63) is 29.8 Å². The fraction of sp³-hybridized carbons (Fsp3) is 0.741. The summed E-state index contributed by atoms with van der Waals surface area (Å²) in [6, 6.07) is 5.52. The van der Waals surface area contributed by atoms with Gasteiger partial charge in [0.2, 0.25) is 0 Å². The molecule has 0 bridgehead atoms. The van der Waals surface area contributed by atoms with Crippen molar-refractivity contribution < 1.29 is 22.7 Å². The zero-order chi connectivity index (χ0) is 22.7. The second-order valence-corrected chi connectivity index (χ2v) is 11.5. The van der Waals surface area contributed by atoms with E-state index in [-0.39, 0.29) is 22.9 Å². The Balaban J connectivity index is 1.31. The Morgan fingerprint density at radius 3 is 2.38 bits per heavy atom. The van der Waals surface area contributed by atoms with Gasteiger partial charge in [-0.1, -0.05) is 20.3 Å². The van der Waals surface area contributed by atoms with Crippen molar-refractivity contribution in [2.45, 2.75) is 78.0 Å². The molecule has 0 heterocycles. The van der Waals surface area contributed by atoms with Crippen molar-refractivity contribution in [1.82, 2.24) is 0 Å². The predicted octanol–water partition coefficient (Wildman–Crippen LogP) is 7.67. The molecule has 5 heteroatoms. The highest BCUT2D eigenvalue weighted by Gasteiger charge is 2.58. The second kappa shape index (κ2) is 8.06. The largest absolute Gasteiger partial charge is 0.573 e. The molecule has 4 aliphatic rings. The van der Waals surface area contributed by atoms with Crippen molar-refractivity contribution in [3.8, 4) is 5.75 Å². The number of carbonyl (C=O) groups excluding carboxylic acids is 1. The minimum Gasteiger partial charge on any atom is -0.406 e. The molecule has 0 aliphatic heterocycles. The van der Waals surface area contributed by atoms with E-state index in [4.69, 9.17) is 0 Å². The lowest BCUT2D eigenvalue weighted by molar-refractivity contribution is -0.274. The molecule has 2 nitrogen and oxygen atoms in total. The highest BCUT2D eigenvalue weighted by Crippen LogP contribution is 2.64. The minimum atomic E-state index is -4.72. The molecule has 8 atom stereocenters. The van der Waals surface area contributed by atoms with Gasteiger partial charge in [0.1, 0.15) is 5.75 Å². The first-order valence-corrected chi connectivity index (χ1v) is 12.6. The summed E-state index contributed by atoms with van der Waals surface area (Å²) in [5, 5.41) is 0. The molecule has 8 unspecified atom stereocenters. The minimum absolute atomic E-state index is 0.0214. The Morgan fingerprint density at radius 2 is 1.66 bits per heavy atom. The topological polar surface area (TPSA) is 26.3 Å². The molecule has 4 saturated carbocycles. The Labute approximate surface area is 189 Å². The molecule has 0 radical (unpaired) electrons. The van der Waals surface area contributed by atoms with Crippen molar-refractivity contribution in [2.75, 3.05) is 0 Å². The number of rotatable bonds is 3. The number of ether oxygens (including phenoxy) is 1. The van der Waals surface area contributed by atoms with Gasteiger partial charge in [-0.05, 0) is 117 Å². The average Bonchev–Trinajstić information content (AvgIpc) is 3.09. The van der Waals surface area contributed by atoms with Crippen LogP contribution < -0.4 is 4.74 Å². The monoisotopic (exact) mass is 448 g/mol. The highest BCUT2D eigenvalue weighted by atomic mass is 19.4. The maximum atomic E-state index is 13.5. The molecule has 4 fully saturated rings. The van der Waals surface area contributed by atoms with Crippen LogP contribution >= 0.6 is 0 Å². The molecular weight excluding hydrogens is 413 g/mol. The third-order valence-electron chi connectivity index (χ3n) is 9.91. The van der Waals surface area contributed by atoms with Crippen LogP contribution in [0.4, 0.5) is 13.2 Å². The van der Waals surface area contributed by atoms with Crippen LogP contribution in [-0.2, 0) is 0 Å². The highest BCUT2D eigenvalue weighted by molar-refractivity contribution is 5.98. The van der Waals surface area contributed by atoms with Crippen molar-refractivity contribution >= 4 is 5.78 Å². The number of fused-ring (bicyclic) bond motifs is 5. The second-order valence-electron chi connectivity index (χ2n) is 11.5. The number of benzene rings is 1. The standard InChI is InChI=1S/C27H35F3O2/c1-16-3-9-20-18(15-16)6-10-22-21(20)13-14-26(2)23(22)11-12-24(26)25(31)17-4-7-19(8-5-17)32-27(28,29)30/h4-5,7-8,16,18,20-24H,3,6,9-15H2,1-2H3. The van der Waals surface area contributed by atoms with E-state index in [1.165, 1.54) is 62.8 Å². The lowest BCUT2D eigenvalue weighted by atomic mass is 9.49. The number of carbonyl (C=O) groups is 1. The van der Waals surface area contributed by atoms with Crippen LogP contribution in [0.5, 0.6) is 5.75 Å². The summed E-state index contributed by atoms with van der Waals surface area (Å²) < 4.78 is 41.3. The molecule has 176 valence electrons. The van der Waals surface area contributed by atoms with Crippen LogP contribution in [0.15, 0.2) is 24.3 Å². The molecule has 0 aromatic heterocycles. The zero-order valence-electron chi connectivity index (χ0n) is 19.2. The molecule has 32 heavy (non-hydrogen) atoms. The maximum absolute atomic E-state index is 13.5. The van der Waals surface area contributed by atoms with E-state index < -0.39 is 6.36 Å². The van der Waals surface area contributed by atoms with E-state index in [9.17, 15) is 18.0 Å². The first-order chi connectivity index (χ1) is 15.2. The summed E-state index contributed by atoms with van der Waals surface area (Å²) in [6.07, 6.45) is 6.54. The molecule has 5 rings (SSSR count). The smallest absolute Gasteiger partial charge is 0.406 e. The van der Waals surface area contributed by atoms with E-state index >= 15 is 0 Å². The number of Topliss-reactive ketones (excluding diaryl/α,β-unsaturated/α-hetero) is 1. The number of hydrogen-bond acceptors (Lipinski definition) is 2. The van der Waals surface area contributed by atoms with Gasteiger partial charge < -0.3 is 4.74 Å². The van der Waals surface area contributed by atoms with E-state index in [0.717, 1.165) is 48.9 Å². The number of ketones is 1. The van der Waals surface area contributed by atoms with E-state index in [1.54, 1.807) is 0 Å². The predicted molar refractivity (Wildman–Crippen MR) is 117 cm³/mol. The maximum Gasteiger partial charge on any atom is 0.573 e. The lowest BCUT2D eigenvalue weighted by Gasteiger charge is -2.56. The zero-order valence-corrected chi connectivity index (χ0v) is 19.2. The van der Waals surface area contributed by atoms with Gasteiger partial charge in [0.05, 0.1) is 0 Å². The summed E-state index contributed by atoms with van der Waals surface area (Å²) in [5.41, 5.74) is 0.535. The van der Waals surface area contributed by atoms with Gasteiger partial charge in [-0.15, -0.1) is 13.2 Å². The van der Waals surface area contributed by atoms with Crippen LogP contribution in [0.2, 0.25) is 0 Å². The quantitative estimate of drug-likeness (QED) is 0.443. The van der Waals surface area contributed by atoms with Gasteiger partial charge in [-0.25, -0.2) is 0 Å². The molecule has 4 aliphatic carbocycles. The van der Waals surface area contributed by atoms with Crippen molar-refractivity contribution in [2.24, 2.45) is 46.8 Å². The van der Waals surface area contributed by atoms with Gasteiger partial charge in [0.15, 0.2) is 5.78 Å². The van der Waals surface area contributed by atoms with Crippen LogP contribution in [0.1, 0.15) is 82.0 Å². The fourth-order valence-corrected chi connectivity index (χ4v) is 8.54. The Bertz CT molecular complexity index is 847. The summed E-state index contributed by atoms with van der Waals surface area (Å²) in [6.45, 7) is 4.74. The van der Waals surface area contributed by atoms with E-state index in [2.05, 4.69) is 18.6 Å². The molecule has 0 N–H and O–H groups in total. The molecule has 1 aromatic rings. The number of hydrogen-bond donors (Lipinski definition) is 0. The van der Waals surface area contributed by atoms with E-state index in [0.29, 0.717) is 11.5 Å².